The number of rotatable bonds is 4. The van der Waals surface area contributed by atoms with Gasteiger partial charge in [-0.15, -0.1) is 0 Å². The quantitative estimate of drug-likeness (QED) is 0.388. The summed E-state index contributed by atoms with van der Waals surface area (Å²) >= 11 is 0. The first-order valence-electron chi connectivity index (χ1n) is 13.3. The van der Waals surface area contributed by atoms with Crippen LogP contribution in [-0.4, -0.2) is 62.8 Å². The smallest absolute Gasteiger partial charge is 0.414 e. The Kier molecular flexibility index (Phi) is 7.07. The molecule has 0 fully saturated rings. The summed E-state index contributed by atoms with van der Waals surface area (Å²) in [4.78, 5) is 27.8. The van der Waals surface area contributed by atoms with E-state index in [2.05, 4.69) is 38.2 Å². The molecule has 5 rings (SSSR count). The van der Waals surface area contributed by atoms with Gasteiger partial charge in [-0.1, -0.05) is 30.3 Å². The van der Waals surface area contributed by atoms with Crippen LogP contribution in [0, 0.1) is 0 Å². The second-order valence-electron chi connectivity index (χ2n) is 11.2. The Hall–Kier alpha value is -4.66. The fraction of sp³-hybridized carbons (Fsp3) is 0.312. The average Bonchev–Trinajstić information content (AvgIpc) is 2.91. The zero-order chi connectivity index (χ0) is 29.6. The number of ether oxygens (including phenoxy) is 4. The summed E-state index contributed by atoms with van der Waals surface area (Å²) in [5.41, 5.74) is 5.89. The molecule has 3 aromatic rings. The Morgan fingerprint density at radius 3 is 2.20 bits per heavy atom. The predicted molar refractivity (Wildman–Crippen MR) is 158 cm³/mol. The first-order chi connectivity index (χ1) is 19.4. The van der Waals surface area contributed by atoms with Gasteiger partial charge in [-0.25, -0.2) is 9.59 Å². The highest BCUT2D eigenvalue weighted by molar-refractivity contribution is 5.93. The number of anilines is 1. The van der Waals surface area contributed by atoms with Crippen LogP contribution in [0.3, 0.4) is 0 Å². The van der Waals surface area contributed by atoms with Crippen molar-refractivity contribution < 1.29 is 28.5 Å². The molecule has 3 aromatic carbocycles. The first kappa shape index (κ1) is 27.9. The molecule has 0 saturated heterocycles. The molecule has 0 aromatic heterocycles. The molecule has 2 aliphatic heterocycles. The molecule has 1 unspecified atom stereocenters. The molecule has 2 heterocycles. The van der Waals surface area contributed by atoms with E-state index in [0.717, 1.165) is 28.0 Å². The largest absolute Gasteiger partial charge is 0.492 e. The van der Waals surface area contributed by atoms with E-state index in [-0.39, 0.29) is 11.3 Å². The number of amides is 2. The number of methoxy groups -OCH3 is 1. The lowest BCUT2D eigenvalue weighted by atomic mass is 9.80. The standard InChI is InChI=1S/C32H35N3O6/c1-18-17-32(2,3)33-21-14-13-20-26-23(15-16-24(29(26)38-8)41-31(37)35(6)7)39-28(27(20)25(18)21)19-11-9-10-12-22(19)40-30(36)34(4)5/h9-17,28,33H,1-8H3. The van der Waals surface area contributed by atoms with Gasteiger partial charge < -0.3 is 34.1 Å². The van der Waals surface area contributed by atoms with Crippen LogP contribution in [0.15, 0.2) is 54.6 Å². The number of allylic oxidation sites excluding steroid dienone is 1. The molecule has 0 aliphatic carbocycles. The molecule has 214 valence electrons. The third kappa shape index (κ3) is 5.03. The minimum Gasteiger partial charge on any atom is -0.492 e. The third-order valence-corrected chi connectivity index (χ3v) is 7.06. The van der Waals surface area contributed by atoms with Crippen molar-refractivity contribution in [2.45, 2.75) is 32.4 Å². The van der Waals surface area contributed by atoms with Gasteiger partial charge in [0.2, 0.25) is 0 Å². The molecule has 0 bridgehead atoms. The molecule has 0 saturated carbocycles. The number of nitrogens with zero attached hydrogens (tertiary/aromatic N) is 2. The lowest BCUT2D eigenvalue weighted by Crippen LogP contribution is -2.32. The van der Waals surface area contributed by atoms with Gasteiger partial charge in [-0.3, -0.25) is 0 Å². The number of hydrogen-bond acceptors (Lipinski definition) is 7. The van der Waals surface area contributed by atoms with Crippen molar-refractivity contribution in [3.63, 3.8) is 0 Å². The maximum Gasteiger partial charge on any atom is 0.414 e. The lowest BCUT2D eigenvalue weighted by molar-refractivity contribution is 0.167. The molecular weight excluding hydrogens is 522 g/mol. The maximum atomic E-state index is 12.6. The Labute approximate surface area is 240 Å². The Balaban J connectivity index is 1.77. The Bertz CT molecular complexity index is 1570. The van der Waals surface area contributed by atoms with Crippen LogP contribution in [0.5, 0.6) is 23.0 Å². The van der Waals surface area contributed by atoms with Gasteiger partial charge in [0.1, 0.15) is 11.5 Å². The number of benzene rings is 3. The van der Waals surface area contributed by atoms with Crippen molar-refractivity contribution in [2.24, 2.45) is 0 Å². The summed E-state index contributed by atoms with van der Waals surface area (Å²) in [6.07, 6.45) is 0.555. The fourth-order valence-corrected chi connectivity index (χ4v) is 5.38. The summed E-state index contributed by atoms with van der Waals surface area (Å²) < 4.78 is 24.0. The molecule has 1 N–H and O–H groups in total. The summed E-state index contributed by atoms with van der Waals surface area (Å²) in [6, 6.07) is 14.9. The fourth-order valence-electron chi connectivity index (χ4n) is 5.38. The first-order valence-corrected chi connectivity index (χ1v) is 13.3. The zero-order valence-electron chi connectivity index (χ0n) is 24.6. The van der Waals surface area contributed by atoms with E-state index in [1.807, 2.05) is 24.3 Å². The molecule has 2 aliphatic rings. The summed E-state index contributed by atoms with van der Waals surface area (Å²) in [6.45, 7) is 6.32. The van der Waals surface area contributed by atoms with E-state index < -0.39 is 18.3 Å². The van der Waals surface area contributed by atoms with E-state index >= 15 is 0 Å². The van der Waals surface area contributed by atoms with Crippen LogP contribution in [0.4, 0.5) is 15.3 Å². The van der Waals surface area contributed by atoms with Gasteiger partial charge in [-0.05, 0) is 56.2 Å². The molecule has 0 spiro atoms. The number of carbonyl (C=O) groups is 2. The predicted octanol–water partition coefficient (Wildman–Crippen LogP) is 6.57. The average molecular weight is 558 g/mol. The zero-order valence-corrected chi connectivity index (χ0v) is 24.6. The minimum absolute atomic E-state index is 0.251. The van der Waals surface area contributed by atoms with E-state index in [1.165, 1.54) is 16.9 Å². The van der Waals surface area contributed by atoms with E-state index in [0.29, 0.717) is 28.4 Å². The highest BCUT2D eigenvalue weighted by Gasteiger charge is 2.38. The van der Waals surface area contributed by atoms with Crippen molar-refractivity contribution in [3.8, 4) is 34.1 Å². The van der Waals surface area contributed by atoms with Crippen molar-refractivity contribution in [1.82, 2.24) is 9.80 Å². The van der Waals surface area contributed by atoms with Gasteiger partial charge in [-0.2, -0.15) is 0 Å². The van der Waals surface area contributed by atoms with E-state index in [1.54, 1.807) is 46.4 Å². The molecular formula is C32H35N3O6. The van der Waals surface area contributed by atoms with Gasteiger partial charge in [0.05, 0.1) is 18.2 Å². The number of carbonyl (C=O) groups excluding carboxylic acids is 2. The number of fused-ring (bicyclic) bond motifs is 5. The van der Waals surface area contributed by atoms with Crippen molar-refractivity contribution in [2.75, 3.05) is 40.6 Å². The maximum absolute atomic E-state index is 12.6. The SMILES string of the molecule is COc1c(OC(=O)N(C)C)ccc2c1-c1ccc3c(c1C(c1ccccc1OC(=O)N(C)C)O2)C(C)=CC(C)(C)N3. The number of nitrogens with one attached hydrogen (secondary N) is 1. The normalized spacial score (nSPS) is 16.0. The number of hydrogen-bond donors (Lipinski definition) is 1. The van der Waals surface area contributed by atoms with Crippen molar-refractivity contribution in [1.29, 1.82) is 0 Å². The third-order valence-electron chi connectivity index (χ3n) is 7.06. The van der Waals surface area contributed by atoms with Crippen LogP contribution in [-0.2, 0) is 0 Å². The van der Waals surface area contributed by atoms with Gasteiger partial charge in [0.25, 0.3) is 0 Å². The van der Waals surface area contributed by atoms with Gasteiger partial charge >= 0.3 is 12.2 Å². The highest BCUT2D eigenvalue weighted by atomic mass is 16.6. The number of para-hydroxylation sites is 1. The van der Waals surface area contributed by atoms with Crippen molar-refractivity contribution in [3.05, 3.63) is 71.3 Å². The molecule has 9 nitrogen and oxygen atoms in total. The minimum atomic E-state index is -0.621. The molecule has 1 atom stereocenters. The summed E-state index contributed by atoms with van der Waals surface area (Å²) in [5.74, 6) is 1.61. The van der Waals surface area contributed by atoms with Gasteiger partial charge in [0.15, 0.2) is 17.6 Å². The van der Waals surface area contributed by atoms with Crippen LogP contribution in [0.2, 0.25) is 0 Å². The van der Waals surface area contributed by atoms with Crippen LogP contribution in [0.25, 0.3) is 16.7 Å². The van der Waals surface area contributed by atoms with Crippen molar-refractivity contribution >= 4 is 23.4 Å². The monoisotopic (exact) mass is 557 g/mol. The molecule has 41 heavy (non-hydrogen) atoms. The second-order valence-corrected chi connectivity index (χ2v) is 11.2. The lowest BCUT2D eigenvalue weighted by Gasteiger charge is -2.38. The molecule has 9 heteroatoms. The van der Waals surface area contributed by atoms with E-state index in [9.17, 15) is 9.59 Å². The van der Waals surface area contributed by atoms with Crippen LogP contribution >= 0.6 is 0 Å². The molecule has 2 amide bonds. The Morgan fingerprint density at radius 1 is 0.878 bits per heavy atom. The van der Waals surface area contributed by atoms with E-state index in [4.69, 9.17) is 18.9 Å². The van der Waals surface area contributed by atoms with Crippen LogP contribution < -0.4 is 24.3 Å². The summed E-state index contributed by atoms with van der Waals surface area (Å²) in [5, 5.41) is 3.62. The highest BCUT2D eigenvalue weighted by Crippen LogP contribution is 2.56. The molecule has 0 radical (unpaired) electrons. The topological polar surface area (TPSA) is 89.6 Å². The van der Waals surface area contributed by atoms with Crippen LogP contribution in [0.1, 0.15) is 43.6 Å². The van der Waals surface area contributed by atoms with Gasteiger partial charge in [0, 0.05) is 50.6 Å². The second kappa shape index (κ2) is 10.4. The Morgan fingerprint density at radius 2 is 1.54 bits per heavy atom. The summed E-state index contributed by atoms with van der Waals surface area (Å²) in [7, 11) is 8.05.